The van der Waals surface area contributed by atoms with Crippen molar-refractivity contribution in [2.75, 3.05) is 7.11 Å². The summed E-state index contributed by atoms with van der Waals surface area (Å²) in [5.41, 5.74) is 2.50. The summed E-state index contributed by atoms with van der Waals surface area (Å²) >= 11 is 18.7. The van der Waals surface area contributed by atoms with Crippen LogP contribution >= 0.6 is 34.8 Å². The summed E-state index contributed by atoms with van der Waals surface area (Å²) in [4.78, 5) is 4.41. The van der Waals surface area contributed by atoms with Gasteiger partial charge in [0, 0.05) is 11.2 Å². The molecule has 0 spiro atoms. The minimum Gasteiger partial charge on any atom is -0.497 e. The molecule has 0 aliphatic heterocycles. The van der Waals surface area contributed by atoms with Crippen LogP contribution in [0.1, 0.15) is 11.1 Å². The number of hydrogen-bond acceptors (Lipinski definition) is 3. The van der Waals surface area contributed by atoms with Gasteiger partial charge in [-0.05, 0) is 59.7 Å². The minimum atomic E-state index is 0.319. The van der Waals surface area contributed by atoms with Gasteiger partial charge in [0.05, 0.1) is 22.8 Å². The first-order valence-corrected chi connectivity index (χ1v) is 9.23. The molecule has 3 aromatic rings. The van der Waals surface area contributed by atoms with Crippen LogP contribution in [-0.4, -0.2) is 13.3 Å². The van der Waals surface area contributed by atoms with Crippen LogP contribution < -0.4 is 9.47 Å². The highest BCUT2D eigenvalue weighted by Crippen LogP contribution is 2.34. The standard InChI is InChI=1S/C21H16Cl3NO2/c1-26-18-7-5-17(6-8-18)25-12-15-10-19(23)21(20(24)11-15)27-13-14-3-2-4-16(22)9-14/h2-12H,13H2,1H3. The van der Waals surface area contributed by atoms with E-state index in [2.05, 4.69) is 4.99 Å². The van der Waals surface area contributed by atoms with Crippen molar-refractivity contribution < 1.29 is 9.47 Å². The summed E-state index contributed by atoms with van der Waals surface area (Å²) < 4.78 is 10.9. The van der Waals surface area contributed by atoms with Crippen molar-refractivity contribution in [3.8, 4) is 11.5 Å². The van der Waals surface area contributed by atoms with Crippen LogP contribution in [0.2, 0.25) is 15.1 Å². The van der Waals surface area contributed by atoms with Gasteiger partial charge < -0.3 is 9.47 Å². The Hall–Kier alpha value is -2.20. The van der Waals surface area contributed by atoms with Gasteiger partial charge in [0.2, 0.25) is 0 Å². The predicted octanol–water partition coefficient (Wildman–Crippen LogP) is 6.99. The van der Waals surface area contributed by atoms with Gasteiger partial charge >= 0.3 is 0 Å². The van der Waals surface area contributed by atoms with E-state index in [9.17, 15) is 0 Å². The molecule has 0 amide bonds. The van der Waals surface area contributed by atoms with Gasteiger partial charge in [-0.25, -0.2) is 0 Å². The third kappa shape index (κ3) is 5.39. The first-order chi connectivity index (χ1) is 13.0. The number of ether oxygens (including phenoxy) is 2. The molecule has 0 saturated heterocycles. The van der Waals surface area contributed by atoms with E-state index in [0.717, 1.165) is 22.6 Å². The first-order valence-electron chi connectivity index (χ1n) is 8.09. The zero-order valence-electron chi connectivity index (χ0n) is 14.5. The van der Waals surface area contributed by atoms with E-state index in [1.807, 2.05) is 48.5 Å². The zero-order chi connectivity index (χ0) is 19.2. The minimum absolute atomic E-state index is 0.319. The highest BCUT2D eigenvalue weighted by Gasteiger charge is 2.10. The van der Waals surface area contributed by atoms with Crippen molar-refractivity contribution in [2.24, 2.45) is 4.99 Å². The number of hydrogen-bond donors (Lipinski definition) is 0. The van der Waals surface area contributed by atoms with Crippen LogP contribution in [0.3, 0.4) is 0 Å². The Labute approximate surface area is 173 Å². The first kappa shape index (κ1) is 19.6. The van der Waals surface area contributed by atoms with Crippen molar-refractivity contribution in [2.45, 2.75) is 6.61 Å². The third-order valence-corrected chi connectivity index (χ3v) is 4.52. The molecule has 3 nitrogen and oxygen atoms in total. The van der Waals surface area contributed by atoms with E-state index in [0.29, 0.717) is 27.4 Å². The zero-order valence-corrected chi connectivity index (χ0v) is 16.7. The number of rotatable bonds is 6. The molecule has 0 heterocycles. The van der Waals surface area contributed by atoms with Crippen molar-refractivity contribution in [1.29, 1.82) is 0 Å². The molecule has 0 unspecified atom stereocenters. The number of benzene rings is 3. The average molecular weight is 421 g/mol. The van der Waals surface area contributed by atoms with E-state index in [1.54, 1.807) is 25.5 Å². The number of aliphatic imine (C=N–C) groups is 1. The molecule has 3 aromatic carbocycles. The van der Waals surface area contributed by atoms with Crippen molar-refractivity contribution in [3.05, 3.63) is 86.9 Å². The summed E-state index contributed by atoms with van der Waals surface area (Å²) in [5, 5.41) is 1.49. The fraction of sp³-hybridized carbons (Fsp3) is 0.0952. The van der Waals surface area contributed by atoms with E-state index in [4.69, 9.17) is 44.3 Å². The monoisotopic (exact) mass is 419 g/mol. The number of methoxy groups -OCH3 is 1. The molecule has 0 saturated carbocycles. The Morgan fingerprint density at radius 1 is 0.926 bits per heavy atom. The fourth-order valence-corrected chi connectivity index (χ4v) is 3.22. The largest absolute Gasteiger partial charge is 0.497 e. The second kappa shape index (κ2) is 9.14. The van der Waals surface area contributed by atoms with Gasteiger partial charge in [0.1, 0.15) is 12.4 Å². The smallest absolute Gasteiger partial charge is 0.157 e. The van der Waals surface area contributed by atoms with Gasteiger partial charge in [-0.3, -0.25) is 4.99 Å². The number of halogens is 3. The van der Waals surface area contributed by atoms with Crippen LogP contribution in [0.5, 0.6) is 11.5 Å². The third-order valence-electron chi connectivity index (χ3n) is 3.73. The summed E-state index contributed by atoms with van der Waals surface area (Å²) in [6.07, 6.45) is 1.69. The lowest BCUT2D eigenvalue weighted by atomic mass is 10.2. The molecule has 3 rings (SSSR count). The van der Waals surface area contributed by atoms with E-state index in [1.165, 1.54) is 0 Å². The van der Waals surface area contributed by atoms with Gasteiger partial charge in [-0.15, -0.1) is 0 Å². The topological polar surface area (TPSA) is 30.8 Å². The molecule has 0 N–H and O–H groups in total. The predicted molar refractivity (Wildman–Crippen MR) is 112 cm³/mol. The van der Waals surface area contributed by atoms with E-state index >= 15 is 0 Å². The number of nitrogens with zero attached hydrogens (tertiary/aromatic N) is 1. The molecule has 0 aliphatic carbocycles. The summed E-state index contributed by atoms with van der Waals surface area (Å²) in [6, 6.07) is 18.4. The molecule has 0 fully saturated rings. The SMILES string of the molecule is COc1ccc(N=Cc2cc(Cl)c(OCc3cccc(Cl)c3)c(Cl)c2)cc1. The lowest BCUT2D eigenvalue weighted by molar-refractivity contribution is 0.306. The molecular formula is C21H16Cl3NO2. The summed E-state index contributed by atoms with van der Waals surface area (Å²) in [7, 11) is 1.62. The molecule has 0 aliphatic rings. The van der Waals surface area contributed by atoms with Gasteiger partial charge in [0.15, 0.2) is 5.75 Å². The van der Waals surface area contributed by atoms with Crippen molar-refractivity contribution >= 4 is 46.7 Å². The van der Waals surface area contributed by atoms with Crippen molar-refractivity contribution in [1.82, 2.24) is 0 Å². The maximum Gasteiger partial charge on any atom is 0.157 e. The second-order valence-electron chi connectivity index (χ2n) is 5.69. The van der Waals surface area contributed by atoms with Gasteiger partial charge in [-0.1, -0.05) is 46.9 Å². The average Bonchev–Trinajstić information content (AvgIpc) is 2.66. The molecule has 0 aromatic heterocycles. The van der Waals surface area contributed by atoms with E-state index < -0.39 is 0 Å². The lowest BCUT2D eigenvalue weighted by Crippen LogP contribution is -1.97. The van der Waals surface area contributed by atoms with Crippen LogP contribution in [0.25, 0.3) is 0 Å². The van der Waals surface area contributed by atoms with Crippen LogP contribution in [0, 0.1) is 0 Å². The lowest BCUT2D eigenvalue weighted by Gasteiger charge is -2.11. The van der Waals surface area contributed by atoms with Gasteiger partial charge in [0.25, 0.3) is 0 Å². The molecule has 0 radical (unpaired) electrons. The quantitative estimate of drug-likeness (QED) is 0.402. The summed E-state index contributed by atoms with van der Waals surface area (Å²) in [6.45, 7) is 0.319. The van der Waals surface area contributed by atoms with Crippen LogP contribution in [-0.2, 0) is 6.61 Å². The Kier molecular flexibility index (Phi) is 6.62. The molecule has 138 valence electrons. The normalized spacial score (nSPS) is 11.0. The van der Waals surface area contributed by atoms with Crippen LogP contribution in [0.15, 0.2) is 65.7 Å². The van der Waals surface area contributed by atoms with E-state index in [-0.39, 0.29) is 0 Å². The molecule has 27 heavy (non-hydrogen) atoms. The maximum absolute atomic E-state index is 6.34. The highest BCUT2D eigenvalue weighted by atomic mass is 35.5. The Morgan fingerprint density at radius 2 is 1.63 bits per heavy atom. The molecular weight excluding hydrogens is 405 g/mol. The highest BCUT2D eigenvalue weighted by molar-refractivity contribution is 6.37. The van der Waals surface area contributed by atoms with Crippen molar-refractivity contribution in [3.63, 3.8) is 0 Å². The Bertz CT molecular complexity index is 933. The maximum atomic E-state index is 6.34. The Morgan fingerprint density at radius 3 is 2.26 bits per heavy atom. The molecule has 6 heteroatoms. The van der Waals surface area contributed by atoms with Gasteiger partial charge in [-0.2, -0.15) is 0 Å². The Balaban J connectivity index is 1.72. The summed E-state index contributed by atoms with van der Waals surface area (Å²) in [5.74, 6) is 1.21. The van der Waals surface area contributed by atoms with Crippen LogP contribution in [0.4, 0.5) is 5.69 Å². The second-order valence-corrected chi connectivity index (χ2v) is 6.94. The molecule has 0 bridgehead atoms. The fourth-order valence-electron chi connectivity index (χ4n) is 2.39. The molecule has 0 atom stereocenters.